The van der Waals surface area contributed by atoms with Gasteiger partial charge in [0.2, 0.25) is 11.5 Å². The Hall–Kier alpha value is -2.11. The lowest BCUT2D eigenvalue weighted by Gasteiger charge is -1.88. The largest absolute Gasteiger partial charge is 0.475 e. The Bertz CT molecular complexity index is 477. The number of hydrogen-bond donors (Lipinski definition) is 2. The van der Waals surface area contributed by atoms with Crippen LogP contribution in [-0.4, -0.2) is 21.0 Å². The van der Waals surface area contributed by atoms with Crippen LogP contribution in [0.1, 0.15) is 10.6 Å². The predicted octanol–water partition coefficient (Wildman–Crippen LogP) is 0.503. The van der Waals surface area contributed by atoms with Gasteiger partial charge in [0.1, 0.15) is 12.1 Å². The first-order chi connectivity index (χ1) is 6.18. The number of carboxylic acid groups (broad SMARTS) is 1. The van der Waals surface area contributed by atoms with Crippen LogP contribution in [0.4, 0.5) is 5.82 Å². The minimum Gasteiger partial charge on any atom is -0.475 e. The molecular weight excluding hydrogens is 174 g/mol. The van der Waals surface area contributed by atoms with E-state index in [4.69, 9.17) is 15.3 Å². The fourth-order valence-corrected chi connectivity index (χ4v) is 0.979. The number of carbonyl (C=O) groups is 1. The van der Waals surface area contributed by atoms with Gasteiger partial charge in [-0.1, -0.05) is 0 Å². The topological polar surface area (TPSA) is 102 Å². The van der Waals surface area contributed by atoms with Crippen LogP contribution < -0.4 is 5.73 Å². The summed E-state index contributed by atoms with van der Waals surface area (Å²) in [4.78, 5) is 17.9. The fraction of sp³-hybridized carbons (Fsp3) is 0. The third-order valence-corrected chi connectivity index (χ3v) is 1.57. The third-order valence-electron chi connectivity index (χ3n) is 1.57. The molecule has 0 radical (unpaired) electrons. The molecule has 2 aromatic heterocycles. The van der Waals surface area contributed by atoms with Gasteiger partial charge in [0, 0.05) is 6.07 Å². The van der Waals surface area contributed by atoms with Gasteiger partial charge in [0.25, 0.3) is 0 Å². The molecule has 0 saturated heterocycles. The number of furan rings is 1. The molecule has 0 saturated carbocycles. The molecule has 3 N–H and O–H groups in total. The molecule has 2 rings (SSSR count). The number of aromatic carboxylic acids is 1. The number of rotatable bonds is 1. The number of nitrogens with two attached hydrogens (primary N) is 1. The maximum atomic E-state index is 10.5. The number of anilines is 1. The highest BCUT2D eigenvalue weighted by Gasteiger charge is 2.12. The molecule has 6 heteroatoms. The summed E-state index contributed by atoms with van der Waals surface area (Å²) >= 11 is 0. The molecule has 0 fully saturated rings. The molecule has 0 amide bonds. The van der Waals surface area contributed by atoms with E-state index in [9.17, 15) is 4.79 Å². The Labute approximate surface area is 72.0 Å². The summed E-state index contributed by atoms with van der Waals surface area (Å²) in [6, 6.07) is 1.30. The number of fused-ring (bicyclic) bond motifs is 1. The van der Waals surface area contributed by atoms with E-state index < -0.39 is 5.97 Å². The van der Waals surface area contributed by atoms with Crippen LogP contribution in [0.25, 0.3) is 11.1 Å². The standard InChI is InChI=1S/C7H5N3O3/c8-5-3-1-4(7(11)12)13-6(3)10-2-9-5/h1-2H,(H,11,12)(H2,8,9,10). The summed E-state index contributed by atoms with van der Waals surface area (Å²) in [5.74, 6) is -1.14. The van der Waals surface area contributed by atoms with Crippen molar-refractivity contribution in [3.05, 3.63) is 18.2 Å². The van der Waals surface area contributed by atoms with Gasteiger partial charge in [-0.15, -0.1) is 0 Å². The lowest BCUT2D eigenvalue weighted by Crippen LogP contribution is -1.91. The number of hydrogen-bond acceptors (Lipinski definition) is 5. The minimum atomic E-state index is -1.16. The van der Waals surface area contributed by atoms with Crippen molar-refractivity contribution in [2.45, 2.75) is 0 Å². The van der Waals surface area contributed by atoms with Gasteiger partial charge in [0.05, 0.1) is 5.39 Å². The second kappa shape index (κ2) is 2.44. The van der Waals surface area contributed by atoms with E-state index in [1.165, 1.54) is 12.4 Å². The summed E-state index contributed by atoms with van der Waals surface area (Å²) in [5, 5.41) is 9.01. The van der Waals surface area contributed by atoms with E-state index in [0.29, 0.717) is 5.39 Å². The van der Waals surface area contributed by atoms with E-state index in [2.05, 4.69) is 9.97 Å². The Morgan fingerprint density at radius 3 is 2.92 bits per heavy atom. The molecule has 2 heterocycles. The Morgan fingerprint density at radius 2 is 2.31 bits per heavy atom. The second-order valence-corrected chi connectivity index (χ2v) is 2.39. The van der Waals surface area contributed by atoms with Gasteiger partial charge >= 0.3 is 5.97 Å². The monoisotopic (exact) mass is 179 g/mol. The van der Waals surface area contributed by atoms with Crippen molar-refractivity contribution in [2.24, 2.45) is 0 Å². The first-order valence-corrected chi connectivity index (χ1v) is 3.42. The smallest absolute Gasteiger partial charge is 0.371 e. The molecule has 0 aromatic carbocycles. The van der Waals surface area contributed by atoms with Gasteiger partial charge in [-0.25, -0.2) is 14.8 Å². The van der Waals surface area contributed by atoms with E-state index >= 15 is 0 Å². The van der Waals surface area contributed by atoms with E-state index in [-0.39, 0.29) is 17.3 Å². The zero-order valence-electron chi connectivity index (χ0n) is 6.39. The summed E-state index contributed by atoms with van der Waals surface area (Å²) in [6.07, 6.45) is 1.22. The number of aromatic nitrogens is 2. The Morgan fingerprint density at radius 1 is 1.54 bits per heavy atom. The Kier molecular flexibility index (Phi) is 1.42. The van der Waals surface area contributed by atoms with Crippen LogP contribution in [-0.2, 0) is 0 Å². The quantitative estimate of drug-likeness (QED) is 0.660. The van der Waals surface area contributed by atoms with E-state index in [1.54, 1.807) is 0 Å². The van der Waals surface area contributed by atoms with E-state index in [0.717, 1.165) is 0 Å². The van der Waals surface area contributed by atoms with Crippen LogP contribution in [0.15, 0.2) is 16.8 Å². The van der Waals surface area contributed by atoms with Crippen molar-refractivity contribution in [1.29, 1.82) is 0 Å². The molecule has 2 aromatic rings. The molecule has 0 spiro atoms. The number of carboxylic acids is 1. The molecule has 0 atom stereocenters. The summed E-state index contributed by atoms with van der Waals surface area (Å²) in [5.41, 5.74) is 5.65. The SMILES string of the molecule is Nc1ncnc2oc(C(=O)O)cc12. The van der Waals surface area contributed by atoms with Crippen molar-refractivity contribution in [3.8, 4) is 0 Å². The summed E-state index contributed by atoms with van der Waals surface area (Å²) in [7, 11) is 0. The second-order valence-electron chi connectivity index (χ2n) is 2.39. The van der Waals surface area contributed by atoms with Gasteiger partial charge in [-0.2, -0.15) is 0 Å². The highest BCUT2D eigenvalue weighted by Crippen LogP contribution is 2.20. The minimum absolute atomic E-state index is 0.185. The third kappa shape index (κ3) is 1.08. The first-order valence-electron chi connectivity index (χ1n) is 3.42. The van der Waals surface area contributed by atoms with Crippen molar-refractivity contribution in [3.63, 3.8) is 0 Å². The first kappa shape index (κ1) is 7.53. The number of nitrogens with zero attached hydrogens (tertiary/aromatic N) is 2. The Balaban J connectivity index is 2.75. The molecule has 0 bridgehead atoms. The molecule has 0 aliphatic heterocycles. The zero-order chi connectivity index (χ0) is 9.42. The fourth-order valence-electron chi connectivity index (χ4n) is 0.979. The molecule has 0 unspecified atom stereocenters. The average Bonchev–Trinajstić information content (AvgIpc) is 2.49. The lowest BCUT2D eigenvalue weighted by atomic mass is 10.3. The summed E-state index contributed by atoms with van der Waals surface area (Å²) in [6.45, 7) is 0. The average molecular weight is 179 g/mol. The van der Waals surface area contributed by atoms with Gasteiger partial charge in [-0.05, 0) is 0 Å². The van der Waals surface area contributed by atoms with Crippen LogP contribution in [0.3, 0.4) is 0 Å². The van der Waals surface area contributed by atoms with Gasteiger partial charge in [-0.3, -0.25) is 0 Å². The van der Waals surface area contributed by atoms with Crippen LogP contribution in [0.2, 0.25) is 0 Å². The van der Waals surface area contributed by atoms with Gasteiger partial charge < -0.3 is 15.3 Å². The summed E-state index contributed by atoms with van der Waals surface area (Å²) < 4.78 is 4.88. The highest BCUT2D eigenvalue weighted by atomic mass is 16.4. The van der Waals surface area contributed by atoms with Crippen molar-refractivity contribution >= 4 is 22.9 Å². The maximum absolute atomic E-state index is 10.5. The van der Waals surface area contributed by atoms with Gasteiger partial charge in [0.15, 0.2) is 0 Å². The highest BCUT2D eigenvalue weighted by molar-refractivity contribution is 5.93. The van der Waals surface area contributed by atoms with E-state index in [1.807, 2.05) is 0 Å². The lowest BCUT2D eigenvalue weighted by molar-refractivity contribution is 0.0664. The predicted molar refractivity (Wildman–Crippen MR) is 43.2 cm³/mol. The molecule has 66 valence electrons. The van der Waals surface area contributed by atoms with Crippen molar-refractivity contribution < 1.29 is 14.3 Å². The van der Waals surface area contributed by atoms with Crippen molar-refractivity contribution in [1.82, 2.24) is 9.97 Å². The molecular formula is C7H5N3O3. The van der Waals surface area contributed by atoms with Crippen LogP contribution in [0, 0.1) is 0 Å². The zero-order valence-corrected chi connectivity index (χ0v) is 6.39. The molecule has 6 nitrogen and oxygen atoms in total. The molecule has 0 aliphatic rings. The normalized spacial score (nSPS) is 10.5. The van der Waals surface area contributed by atoms with Crippen LogP contribution in [0.5, 0.6) is 0 Å². The van der Waals surface area contributed by atoms with Crippen LogP contribution >= 0.6 is 0 Å². The number of nitrogen functional groups attached to an aromatic ring is 1. The maximum Gasteiger partial charge on any atom is 0.371 e. The molecule has 13 heavy (non-hydrogen) atoms. The van der Waals surface area contributed by atoms with Crippen molar-refractivity contribution in [2.75, 3.05) is 5.73 Å². The molecule has 0 aliphatic carbocycles.